The van der Waals surface area contributed by atoms with Crippen LogP contribution < -0.4 is 0 Å². The number of benzene rings is 10. The highest BCUT2D eigenvalue weighted by Gasteiger charge is 2.23. The standard InChI is InChI=1S/C61H34N4S3/c1-2-14-36-32-51-49(31-35(36)13-1)39-15-3-7-22-50(39)65(51)38-28-30-44(48(34-38)37-27-29-42-40-16-4-8-23-52(40)67-56(42)33-37)59-62-60(46-20-12-26-55-57(46)45-18-6-10-25-54(45)66-55)64-61(63-59)47-21-11-19-43-41-17-5-9-24-53(41)68-58(43)47/h1-34H. The molecule has 0 N–H and O–H groups in total. The third kappa shape index (κ3) is 5.74. The number of thiophene rings is 3. The van der Waals surface area contributed by atoms with Crippen molar-refractivity contribution in [3.63, 3.8) is 0 Å². The maximum atomic E-state index is 5.55. The van der Waals surface area contributed by atoms with Gasteiger partial charge in [-0.1, -0.05) is 133 Å². The predicted molar refractivity (Wildman–Crippen MR) is 292 cm³/mol. The largest absolute Gasteiger partial charge is 0.309 e. The molecule has 0 saturated heterocycles. The molecular formula is C61H34N4S3. The van der Waals surface area contributed by atoms with Crippen molar-refractivity contribution in [3.8, 4) is 51.0 Å². The minimum atomic E-state index is 0.630. The van der Waals surface area contributed by atoms with E-state index in [9.17, 15) is 0 Å². The topological polar surface area (TPSA) is 43.6 Å². The van der Waals surface area contributed by atoms with Crippen molar-refractivity contribution in [2.24, 2.45) is 0 Å². The first kappa shape index (κ1) is 38.1. The molecule has 15 rings (SSSR count). The van der Waals surface area contributed by atoms with Crippen LogP contribution in [0.25, 0.3) is 144 Å². The summed E-state index contributed by atoms with van der Waals surface area (Å²) < 4.78 is 9.81. The van der Waals surface area contributed by atoms with Crippen LogP contribution in [0.4, 0.5) is 0 Å². The van der Waals surface area contributed by atoms with Gasteiger partial charge in [0.1, 0.15) is 0 Å². The molecule has 0 aliphatic rings. The molecule has 10 aromatic carbocycles. The zero-order chi connectivity index (χ0) is 44.5. The van der Waals surface area contributed by atoms with E-state index in [2.05, 4.69) is 211 Å². The molecular weight excluding hydrogens is 885 g/mol. The highest BCUT2D eigenvalue weighted by molar-refractivity contribution is 7.27. The summed E-state index contributed by atoms with van der Waals surface area (Å²) in [7, 11) is 0. The van der Waals surface area contributed by atoms with Gasteiger partial charge in [-0.05, 0) is 94.7 Å². The lowest BCUT2D eigenvalue weighted by Crippen LogP contribution is -2.02. The van der Waals surface area contributed by atoms with Crippen LogP contribution in [0.5, 0.6) is 0 Å². The normalized spacial score (nSPS) is 12.1. The highest BCUT2D eigenvalue weighted by atomic mass is 32.1. The average molecular weight is 919 g/mol. The second kappa shape index (κ2) is 14.7. The van der Waals surface area contributed by atoms with Crippen LogP contribution in [0.1, 0.15) is 0 Å². The molecule has 5 heterocycles. The van der Waals surface area contributed by atoms with Crippen LogP contribution in [0.2, 0.25) is 0 Å². The quantitative estimate of drug-likeness (QED) is 0.173. The molecule has 0 spiro atoms. The Hall–Kier alpha value is -8.07. The van der Waals surface area contributed by atoms with Crippen molar-refractivity contribution in [2.45, 2.75) is 0 Å². The van der Waals surface area contributed by atoms with E-state index in [1.807, 2.05) is 22.7 Å². The number of rotatable bonds is 5. The zero-order valence-electron chi connectivity index (χ0n) is 36.1. The van der Waals surface area contributed by atoms with Crippen molar-refractivity contribution in [3.05, 3.63) is 206 Å². The van der Waals surface area contributed by atoms with E-state index in [1.165, 1.54) is 87.6 Å². The molecule has 0 fully saturated rings. The lowest BCUT2D eigenvalue weighted by atomic mass is 9.97. The van der Waals surface area contributed by atoms with Gasteiger partial charge in [-0.25, -0.2) is 15.0 Å². The minimum absolute atomic E-state index is 0.630. The van der Waals surface area contributed by atoms with Crippen LogP contribution in [0.3, 0.4) is 0 Å². The van der Waals surface area contributed by atoms with E-state index in [0.717, 1.165) is 39.0 Å². The van der Waals surface area contributed by atoms with E-state index >= 15 is 0 Å². The van der Waals surface area contributed by atoms with E-state index in [1.54, 1.807) is 11.3 Å². The predicted octanol–water partition coefficient (Wildman–Crippen LogP) is 17.9. The van der Waals surface area contributed by atoms with Crippen LogP contribution in [0.15, 0.2) is 206 Å². The van der Waals surface area contributed by atoms with Gasteiger partial charge in [-0.15, -0.1) is 34.0 Å². The Morgan fingerprint density at radius 3 is 1.71 bits per heavy atom. The van der Waals surface area contributed by atoms with Gasteiger partial charge in [0.2, 0.25) is 0 Å². The first-order valence-electron chi connectivity index (χ1n) is 22.7. The van der Waals surface area contributed by atoms with Crippen LogP contribution in [-0.2, 0) is 0 Å². The fourth-order valence-electron chi connectivity index (χ4n) is 10.6. The second-order valence-electron chi connectivity index (χ2n) is 17.5. The summed E-state index contributed by atoms with van der Waals surface area (Å²) in [6.07, 6.45) is 0. The van der Waals surface area contributed by atoms with Gasteiger partial charge >= 0.3 is 0 Å². The molecule has 15 aromatic rings. The van der Waals surface area contributed by atoms with Gasteiger partial charge in [0.25, 0.3) is 0 Å². The van der Waals surface area contributed by atoms with Crippen molar-refractivity contribution >= 4 is 127 Å². The summed E-state index contributed by atoms with van der Waals surface area (Å²) in [6, 6.07) is 75.0. The molecule has 0 saturated carbocycles. The Morgan fingerprint density at radius 2 is 0.882 bits per heavy atom. The summed E-state index contributed by atoms with van der Waals surface area (Å²) in [5, 5.41) is 12.3. The van der Waals surface area contributed by atoms with Gasteiger partial charge in [0.05, 0.1) is 11.0 Å². The van der Waals surface area contributed by atoms with Gasteiger partial charge in [0.15, 0.2) is 17.5 Å². The van der Waals surface area contributed by atoms with Gasteiger partial charge < -0.3 is 4.57 Å². The molecule has 4 nitrogen and oxygen atoms in total. The van der Waals surface area contributed by atoms with E-state index in [0.29, 0.717) is 17.5 Å². The lowest BCUT2D eigenvalue weighted by Gasteiger charge is -2.16. The van der Waals surface area contributed by atoms with Crippen molar-refractivity contribution in [2.75, 3.05) is 0 Å². The Labute approximate surface area is 401 Å². The number of para-hydroxylation sites is 1. The number of hydrogen-bond donors (Lipinski definition) is 0. The summed E-state index contributed by atoms with van der Waals surface area (Å²) >= 11 is 5.45. The third-order valence-corrected chi connectivity index (χ3v) is 17.1. The van der Waals surface area contributed by atoms with Gasteiger partial charge in [0, 0.05) is 93.7 Å². The molecule has 316 valence electrons. The van der Waals surface area contributed by atoms with Crippen LogP contribution in [-0.4, -0.2) is 19.5 Å². The number of aromatic nitrogens is 4. The Kier molecular flexibility index (Phi) is 8.24. The van der Waals surface area contributed by atoms with Crippen molar-refractivity contribution < 1.29 is 0 Å². The van der Waals surface area contributed by atoms with Crippen LogP contribution in [0, 0.1) is 0 Å². The molecule has 68 heavy (non-hydrogen) atoms. The molecule has 0 amide bonds. The molecule has 0 aliphatic carbocycles. The van der Waals surface area contributed by atoms with Crippen LogP contribution >= 0.6 is 34.0 Å². The number of hydrogen-bond acceptors (Lipinski definition) is 6. The number of nitrogens with zero attached hydrogens (tertiary/aromatic N) is 4. The van der Waals surface area contributed by atoms with E-state index < -0.39 is 0 Å². The lowest BCUT2D eigenvalue weighted by molar-refractivity contribution is 1.08. The fourth-order valence-corrected chi connectivity index (χ4v) is 14.0. The summed E-state index contributed by atoms with van der Waals surface area (Å²) in [5.41, 5.74) is 8.49. The maximum Gasteiger partial charge on any atom is 0.165 e. The fraction of sp³-hybridized carbons (Fsp3) is 0. The Bertz CT molecular complexity index is 4590. The molecule has 5 aromatic heterocycles. The second-order valence-corrected chi connectivity index (χ2v) is 20.7. The monoisotopic (exact) mass is 918 g/mol. The molecule has 0 radical (unpaired) electrons. The van der Waals surface area contributed by atoms with E-state index in [-0.39, 0.29) is 0 Å². The number of fused-ring (bicyclic) bond motifs is 13. The molecule has 0 bridgehead atoms. The van der Waals surface area contributed by atoms with E-state index in [4.69, 9.17) is 15.0 Å². The average Bonchev–Trinajstić information content (AvgIpc) is 4.16. The first-order valence-corrected chi connectivity index (χ1v) is 25.2. The molecule has 7 heteroatoms. The Balaban J connectivity index is 1.03. The van der Waals surface area contributed by atoms with Crippen molar-refractivity contribution in [1.82, 2.24) is 19.5 Å². The van der Waals surface area contributed by atoms with Gasteiger partial charge in [-0.3, -0.25) is 0 Å². The van der Waals surface area contributed by atoms with Crippen molar-refractivity contribution in [1.29, 1.82) is 0 Å². The molecule has 0 aliphatic heterocycles. The first-order chi connectivity index (χ1) is 33.7. The SMILES string of the molecule is c1ccc2cc3c(cc2c1)c1ccccc1n3-c1ccc(-c2nc(-c3cccc4c3sc3ccccc34)nc(-c3cccc4sc5ccccc5c34)n2)c(-c2ccc3c(c2)sc2ccccc23)c1. The van der Waals surface area contributed by atoms with Gasteiger partial charge in [-0.2, -0.15) is 0 Å². The highest BCUT2D eigenvalue weighted by Crippen LogP contribution is 2.45. The summed E-state index contributed by atoms with van der Waals surface area (Å²) in [6.45, 7) is 0. The summed E-state index contributed by atoms with van der Waals surface area (Å²) in [4.78, 5) is 16.6. The maximum absolute atomic E-state index is 5.55. The Morgan fingerprint density at radius 1 is 0.309 bits per heavy atom. The molecule has 0 unspecified atom stereocenters. The minimum Gasteiger partial charge on any atom is -0.309 e. The zero-order valence-corrected chi connectivity index (χ0v) is 38.6. The summed E-state index contributed by atoms with van der Waals surface area (Å²) in [5.74, 6) is 1.94. The molecule has 0 atom stereocenters. The third-order valence-electron chi connectivity index (χ3n) is 13.7. The smallest absolute Gasteiger partial charge is 0.165 e.